The van der Waals surface area contributed by atoms with Crippen molar-refractivity contribution in [3.63, 3.8) is 0 Å². The van der Waals surface area contributed by atoms with Gasteiger partial charge in [0.15, 0.2) is 0 Å². The van der Waals surface area contributed by atoms with Gasteiger partial charge in [-0.25, -0.2) is 0 Å². The van der Waals surface area contributed by atoms with E-state index < -0.39 is 0 Å². The van der Waals surface area contributed by atoms with E-state index in [0.29, 0.717) is 11.8 Å². The Morgan fingerprint density at radius 3 is 2.50 bits per heavy atom. The highest BCUT2D eigenvalue weighted by molar-refractivity contribution is 5.55. The molecule has 68 valence electrons. The molecule has 0 aromatic carbocycles. The highest BCUT2D eigenvalue weighted by atomic mass is 14.3. The van der Waals surface area contributed by atoms with E-state index in [0.717, 1.165) is 18.4 Å². The Hall–Kier alpha value is -0.850. The Kier molecular flexibility index (Phi) is 5.35. The van der Waals surface area contributed by atoms with Crippen molar-refractivity contribution in [1.82, 2.24) is 0 Å². The topological polar surface area (TPSA) is 23.9 Å². The van der Waals surface area contributed by atoms with Crippen molar-refractivity contribution in [3.8, 4) is 0 Å². The molecular formula is C11H19N. The highest BCUT2D eigenvalue weighted by Gasteiger charge is 2.06. The van der Waals surface area contributed by atoms with Gasteiger partial charge in [0.25, 0.3) is 0 Å². The summed E-state index contributed by atoms with van der Waals surface area (Å²) in [5.41, 5.74) is 1.10. The van der Waals surface area contributed by atoms with Crippen molar-refractivity contribution in [3.05, 3.63) is 24.8 Å². The monoisotopic (exact) mass is 165 g/mol. The van der Waals surface area contributed by atoms with Crippen molar-refractivity contribution in [1.29, 1.82) is 5.41 Å². The lowest BCUT2D eigenvalue weighted by Crippen LogP contribution is -2.04. The van der Waals surface area contributed by atoms with E-state index in [9.17, 15) is 0 Å². The van der Waals surface area contributed by atoms with Gasteiger partial charge in [-0.15, -0.1) is 0 Å². The minimum absolute atomic E-state index is 0.387. The van der Waals surface area contributed by atoms with Crippen molar-refractivity contribution in [2.45, 2.75) is 26.7 Å². The van der Waals surface area contributed by atoms with Gasteiger partial charge in [0, 0.05) is 0 Å². The molecule has 12 heavy (non-hydrogen) atoms. The Labute approximate surface area is 75.7 Å². The average Bonchev–Trinajstić information content (AvgIpc) is 2.03. The number of hydrogen-bond acceptors (Lipinski definition) is 1. The van der Waals surface area contributed by atoms with Crippen molar-refractivity contribution < 1.29 is 0 Å². The first kappa shape index (κ1) is 11.2. The number of hydrogen-bond donors (Lipinski definition) is 1. The SMILES string of the molecule is C=CC(=C)CC(C)CC(C)C=N. The molecule has 0 amide bonds. The number of rotatable bonds is 6. The summed E-state index contributed by atoms with van der Waals surface area (Å²) in [6, 6.07) is 0. The average molecular weight is 165 g/mol. The van der Waals surface area contributed by atoms with Crippen LogP contribution in [0.2, 0.25) is 0 Å². The highest BCUT2D eigenvalue weighted by Crippen LogP contribution is 2.17. The Balaban J connectivity index is 3.72. The standard InChI is InChI=1S/C11H19N/c1-5-9(2)6-10(3)7-11(4)8-12/h5,8,10-12H,1-2,6-7H2,3-4H3. The van der Waals surface area contributed by atoms with Gasteiger partial charge < -0.3 is 5.41 Å². The first-order valence-electron chi connectivity index (χ1n) is 4.41. The van der Waals surface area contributed by atoms with Crippen LogP contribution in [0.5, 0.6) is 0 Å². The molecule has 0 heterocycles. The molecule has 0 aromatic heterocycles. The van der Waals surface area contributed by atoms with E-state index >= 15 is 0 Å². The quantitative estimate of drug-likeness (QED) is 0.460. The van der Waals surface area contributed by atoms with Gasteiger partial charge >= 0.3 is 0 Å². The second kappa shape index (κ2) is 5.76. The zero-order chi connectivity index (χ0) is 9.56. The van der Waals surface area contributed by atoms with Crippen LogP contribution in [-0.4, -0.2) is 6.21 Å². The first-order valence-corrected chi connectivity index (χ1v) is 4.41. The third-order valence-electron chi connectivity index (χ3n) is 1.96. The van der Waals surface area contributed by atoms with E-state index in [1.165, 1.54) is 6.21 Å². The van der Waals surface area contributed by atoms with Gasteiger partial charge in [0.2, 0.25) is 0 Å². The van der Waals surface area contributed by atoms with Crippen LogP contribution in [0.1, 0.15) is 26.7 Å². The maximum absolute atomic E-state index is 7.06. The summed E-state index contributed by atoms with van der Waals surface area (Å²) in [6.45, 7) is 11.8. The van der Waals surface area contributed by atoms with E-state index in [-0.39, 0.29) is 0 Å². The normalized spacial score (nSPS) is 14.8. The third-order valence-corrected chi connectivity index (χ3v) is 1.96. The molecular weight excluding hydrogens is 146 g/mol. The predicted molar refractivity (Wildman–Crippen MR) is 55.7 cm³/mol. The lowest BCUT2D eigenvalue weighted by molar-refractivity contribution is 0.485. The van der Waals surface area contributed by atoms with Crippen LogP contribution in [0.25, 0.3) is 0 Å². The van der Waals surface area contributed by atoms with Gasteiger partial charge in [-0.3, -0.25) is 0 Å². The molecule has 1 nitrogen and oxygen atoms in total. The van der Waals surface area contributed by atoms with Crippen LogP contribution in [0, 0.1) is 17.2 Å². The van der Waals surface area contributed by atoms with Gasteiger partial charge in [0.1, 0.15) is 0 Å². The largest absolute Gasteiger partial charge is 0.313 e. The van der Waals surface area contributed by atoms with Crippen LogP contribution in [-0.2, 0) is 0 Å². The fourth-order valence-electron chi connectivity index (χ4n) is 1.32. The van der Waals surface area contributed by atoms with Gasteiger partial charge in [-0.2, -0.15) is 0 Å². The summed E-state index contributed by atoms with van der Waals surface area (Å²) < 4.78 is 0. The second-order valence-electron chi connectivity index (χ2n) is 3.55. The molecule has 0 bridgehead atoms. The first-order chi connectivity index (χ1) is 5.60. The van der Waals surface area contributed by atoms with Gasteiger partial charge in [-0.1, -0.05) is 38.7 Å². The van der Waals surface area contributed by atoms with Crippen LogP contribution in [0.15, 0.2) is 24.8 Å². The second-order valence-corrected chi connectivity index (χ2v) is 3.55. The molecule has 0 radical (unpaired) electrons. The maximum atomic E-state index is 7.06. The third kappa shape index (κ3) is 4.89. The lowest BCUT2D eigenvalue weighted by Gasteiger charge is -2.13. The molecule has 0 spiro atoms. The molecule has 0 aromatic rings. The number of allylic oxidation sites excluding steroid dienone is 2. The van der Waals surface area contributed by atoms with Crippen molar-refractivity contribution in [2.24, 2.45) is 11.8 Å². The lowest BCUT2D eigenvalue weighted by atomic mass is 9.93. The summed E-state index contributed by atoms with van der Waals surface area (Å²) in [6.07, 6.45) is 5.39. The Bertz CT molecular complexity index is 170. The smallest absolute Gasteiger partial charge is 0.00194 e. The molecule has 0 saturated heterocycles. The fraction of sp³-hybridized carbons (Fsp3) is 0.545. The Morgan fingerprint density at radius 2 is 2.08 bits per heavy atom. The minimum Gasteiger partial charge on any atom is -0.313 e. The van der Waals surface area contributed by atoms with Crippen LogP contribution < -0.4 is 0 Å². The van der Waals surface area contributed by atoms with E-state index in [2.05, 4.69) is 27.0 Å². The zero-order valence-electron chi connectivity index (χ0n) is 8.14. The van der Waals surface area contributed by atoms with E-state index in [1.807, 2.05) is 6.08 Å². The molecule has 2 atom stereocenters. The maximum Gasteiger partial charge on any atom is -0.00194 e. The summed E-state index contributed by atoms with van der Waals surface area (Å²) in [4.78, 5) is 0. The zero-order valence-corrected chi connectivity index (χ0v) is 8.14. The summed E-state index contributed by atoms with van der Waals surface area (Å²) >= 11 is 0. The van der Waals surface area contributed by atoms with Crippen molar-refractivity contribution in [2.75, 3.05) is 0 Å². The molecule has 2 unspecified atom stereocenters. The summed E-state index contributed by atoms with van der Waals surface area (Å²) in [5, 5.41) is 7.06. The predicted octanol–water partition coefficient (Wildman–Crippen LogP) is 3.43. The van der Waals surface area contributed by atoms with E-state index in [4.69, 9.17) is 5.41 Å². The number of nitrogens with one attached hydrogen (secondary N) is 1. The van der Waals surface area contributed by atoms with E-state index in [1.54, 1.807) is 0 Å². The molecule has 1 heteroatoms. The van der Waals surface area contributed by atoms with Crippen molar-refractivity contribution >= 4 is 6.21 Å². The molecule has 0 saturated carbocycles. The van der Waals surface area contributed by atoms with Crippen LogP contribution in [0.3, 0.4) is 0 Å². The van der Waals surface area contributed by atoms with Gasteiger partial charge in [0.05, 0.1) is 0 Å². The van der Waals surface area contributed by atoms with Crippen LogP contribution in [0.4, 0.5) is 0 Å². The Morgan fingerprint density at radius 1 is 1.50 bits per heavy atom. The molecule has 0 aliphatic rings. The molecule has 0 rings (SSSR count). The van der Waals surface area contributed by atoms with Crippen LogP contribution >= 0.6 is 0 Å². The van der Waals surface area contributed by atoms with Gasteiger partial charge in [-0.05, 0) is 30.9 Å². The molecule has 0 aliphatic carbocycles. The minimum atomic E-state index is 0.387. The fourth-order valence-corrected chi connectivity index (χ4v) is 1.32. The summed E-state index contributed by atoms with van der Waals surface area (Å²) in [5.74, 6) is 0.990. The molecule has 0 aliphatic heterocycles. The molecule has 1 N–H and O–H groups in total. The molecule has 0 fully saturated rings. The summed E-state index contributed by atoms with van der Waals surface area (Å²) in [7, 11) is 0.